The third-order valence-electron chi connectivity index (χ3n) is 6.08. The molecule has 2 aromatic heterocycles. The van der Waals surface area contributed by atoms with Crippen molar-refractivity contribution in [3.8, 4) is 11.9 Å². The molecule has 0 spiro atoms. The molecule has 0 amide bonds. The maximum atomic E-state index is 10.6. The third kappa shape index (κ3) is 3.98. The molecule has 1 saturated carbocycles. The summed E-state index contributed by atoms with van der Waals surface area (Å²) in [5.41, 5.74) is 2.17. The van der Waals surface area contributed by atoms with E-state index in [4.69, 9.17) is 14.7 Å². The summed E-state index contributed by atoms with van der Waals surface area (Å²) in [5, 5.41) is 42.7. The highest BCUT2D eigenvalue weighted by molar-refractivity contribution is 5.79. The van der Waals surface area contributed by atoms with E-state index in [-0.39, 0.29) is 24.6 Å². The van der Waals surface area contributed by atoms with E-state index in [0.717, 1.165) is 5.56 Å². The maximum Gasteiger partial charge on any atom is 0.245 e. The number of benzene rings is 1. The van der Waals surface area contributed by atoms with Crippen LogP contribution in [-0.2, 0) is 11.3 Å². The fourth-order valence-electron chi connectivity index (χ4n) is 4.09. The molecule has 5 rings (SSSR count). The largest absolute Gasteiger partial charge is 0.471 e. The highest BCUT2D eigenvalue weighted by atomic mass is 16.6. The molecule has 1 aliphatic carbocycles. The van der Waals surface area contributed by atoms with Crippen LogP contribution in [0.25, 0.3) is 11.2 Å². The summed E-state index contributed by atoms with van der Waals surface area (Å²) in [4.78, 5) is 13.2. The van der Waals surface area contributed by atoms with Crippen molar-refractivity contribution in [2.24, 2.45) is 0 Å². The smallest absolute Gasteiger partial charge is 0.245 e. The molecule has 0 unspecified atom stereocenters. The van der Waals surface area contributed by atoms with Crippen LogP contribution in [-0.4, -0.2) is 65.3 Å². The quantitative estimate of drug-likeness (QED) is 0.422. The summed E-state index contributed by atoms with van der Waals surface area (Å²) in [6.45, 7) is 1.89. The second-order valence-electron chi connectivity index (χ2n) is 8.43. The molecule has 11 nitrogen and oxygen atoms in total. The van der Waals surface area contributed by atoms with Crippen LogP contribution in [0.1, 0.15) is 37.1 Å². The van der Waals surface area contributed by atoms with Crippen molar-refractivity contribution in [1.82, 2.24) is 19.5 Å². The number of anilines is 1. The number of aliphatic hydroxyl groups is 3. The Morgan fingerprint density at radius 1 is 1.18 bits per heavy atom. The average molecular weight is 452 g/mol. The predicted octanol–water partition coefficient (Wildman–Crippen LogP) is 0.851. The van der Waals surface area contributed by atoms with Crippen LogP contribution < -0.4 is 10.1 Å². The van der Waals surface area contributed by atoms with Gasteiger partial charge in [-0.25, -0.2) is 9.97 Å². The van der Waals surface area contributed by atoms with Gasteiger partial charge in [0.2, 0.25) is 11.8 Å². The number of rotatable bonds is 6. The lowest BCUT2D eigenvalue weighted by atomic mass is 9.90. The third-order valence-corrected chi connectivity index (χ3v) is 6.08. The van der Waals surface area contributed by atoms with Gasteiger partial charge in [0.25, 0.3) is 0 Å². The Hall–Kier alpha value is -3.30. The minimum atomic E-state index is -1.18. The van der Waals surface area contributed by atoms with E-state index in [1.807, 2.05) is 0 Å². The summed E-state index contributed by atoms with van der Waals surface area (Å²) in [5.74, 6) is 0.636. The molecule has 2 aliphatic rings. The second-order valence-corrected chi connectivity index (χ2v) is 8.43. The fourth-order valence-corrected chi connectivity index (χ4v) is 4.09. The molecule has 11 heteroatoms. The van der Waals surface area contributed by atoms with Gasteiger partial charge in [0.15, 0.2) is 17.4 Å². The van der Waals surface area contributed by atoms with Crippen molar-refractivity contribution >= 4 is 17.1 Å². The molecule has 3 heterocycles. The van der Waals surface area contributed by atoms with Crippen LogP contribution in [0.5, 0.6) is 5.88 Å². The highest BCUT2D eigenvalue weighted by Gasteiger charge is 2.43. The monoisotopic (exact) mass is 452 g/mol. The number of imidazole rings is 1. The molecule has 1 aromatic carbocycles. The van der Waals surface area contributed by atoms with Crippen LogP contribution in [0.2, 0.25) is 0 Å². The number of nitrogens with zero attached hydrogens (tertiary/aromatic N) is 5. The molecule has 1 aliphatic heterocycles. The van der Waals surface area contributed by atoms with Gasteiger partial charge in [-0.2, -0.15) is 10.2 Å². The standard InChI is InChI=1S/C22H24N6O5/c1-11-17(30)18(31)21(33-11)28-19-16(27-22(28)26-14-6-15(29)7-14)20(25-10-24-19)32-9-13-4-2-12(8-23)3-5-13/h2-5,10-11,14-15,17-18,21,29-31H,6-7,9H2,1H3,(H,26,27)/t11-,14-,15-,17-,18-,21-/m1/s1. The highest BCUT2D eigenvalue weighted by Crippen LogP contribution is 2.37. The van der Waals surface area contributed by atoms with Gasteiger partial charge in [-0.1, -0.05) is 12.1 Å². The Kier molecular flexibility index (Phi) is 5.59. The normalized spacial score (nSPS) is 28.9. The van der Waals surface area contributed by atoms with E-state index >= 15 is 0 Å². The zero-order chi connectivity index (χ0) is 23.1. The number of nitrogens with one attached hydrogen (secondary N) is 1. The van der Waals surface area contributed by atoms with Gasteiger partial charge < -0.3 is 30.1 Å². The van der Waals surface area contributed by atoms with E-state index in [2.05, 4.69) is 26.3 Å². The van der Waals surface area contributed by atoms with Gasteiger partial charge in [-0.15, -0.1) is 0 Å². The van der Waals surface area contributed by atoms with Crippen molar-refractivity contribution in [3.05, 3.63) is 41.7 Å². The van der Waals surface area contributed by atoms with Crippen LogP contribution in [0, 0.1) is 11.3 Å². The molecular formula is C22H24N6O5. The molecule has 4 N–H and O–H groups in total. The molecule has 0 bridgehead atoms. The van der Waals surface area contributed by atoms with Crippen molar-refractivity contribution in [1.29, 1.82) is 5.26 Å². The summed E-state index contributed by atoms with van der Waals surface area (Å²) in [7, 11) is 0. The molecule has 0 radical (unpaired) electrons. The van der Waals surface area contributed by atoms with Crippen LogP contribution in [0.3, 0.4) is 0 Å². The Morgan fingerprint density at radius 3 is 2.58 bits per heavy atom. The fraction of sp³-hybridized carbons (Fsp3) is 0.455. The lowest BCUT2D eigenvalue weighted by Crippen LogP contribution is -2.40. The van der Waals surface area contributed by atoms with Crippen LogP contribution >= 0.6 is 0 Å². The van der Waals surface area contributed by atoms with E-state index in [9.17, 15) is 15.3 Å². The van der Waals surface area contributed by atoms with Crippen LogP contribution in [0.4, 0.5) is 5.95 Å². The molecule has 172 valence electrons. The Balaban J connectivity index is 1.48. The average Bonchev–Trinajstić information content (AvgIpc) is 3.29. The Bertz CT molecular complexity index is 1190. The van der Waals surface area contributed by atoms with Crippen molar-refractivity contribution in [3.63, 3.8) is 0 Å². The number of nitriles is 1. The van der Waals surface area contributed by atoms with Gasteiger partial charge in [-0.05, 0) is 37.5 Å². The van der Waals surface area contributed by atoms with Gasteiger partial charge in [-0.3, -0.25) is 4.57 Å². The first-order valence-electron chi connectivity index (χ1n) is 10.8. The molecular weight excluding hydrogens is 428 g/mol. The first kappa shape index (κ1) is 21.5. The Morgan fingerprint density at radius 2 is 1.94 bits per heavy atom. The lowest BCUT2D eigenvalue weighted by molar-refractivity contribution is -0.0289. The second kappa shape index (κ2) is 8.57. The zero-order valence-electron chi connectivity index (χ0n) is 17.9. The number of aromatic nitrogens is 4. The molecule has 2 fully saturated rings. The van der Waals surface area contributed by atoms with Gasteiger partial charge in [0, 0.05) is 6.04 Å². The summed E-state index contributed by atoms with van der Waals surface area (Å²) in [6, 6.07) is 9.11. The molecule has 1 saturated heterocycles. The van der Waals surface area contributed by atoms with Crippen LogP contribution in [0.15, 0.2) is 30.6 Å². The number of hydrogen-bond donors (Lipinski definition) is 4. The van der Waals surface area contributed by atoms with E-state index in [0.29, 0.717) is 35.5 Å². The number of hydrogen-bond acceptors (Lipinski definition) is 10. The van der Waals surface area contributed by atoms with Gasteiger partial charge in [0.05, 0.1) is 23.8 Å². The van der Waals surface area contributed by atoms with Crippen molar-refractivity contribution in [2.75, 3.05) is 5.32 Å². The summed E-state index contributed by atoms with van der Waals surface area (Å²) >= 11 is 0. The number of fused-ring (bicyclic) bond motifs is 1. The summed E-state index contributed by atoms with van der Waals surface area (Å²) in [6.07, 6.45) is -1.59. The van der Waals surface area contributed by atoms with Crippen molar-refractivity contribution < 1.29 is 24.8 Å². The topological polar surface area (TPSA) is 159 Å². The molecule has 4 atom stereocenters. The number of aliphatic hydroxyl groups excluding tert-OH is 3. The zero-order valence-corrected chi connectivity index (χ0v) is 17.9. The first-order chi connectivity index (χ1) is 15.9. The predicted molar refractivity (Wildman–Crippen MR) is 115 cm³/mol. The van der Waals surface area contributed by atoms with Crippen molar-refractivity contribution in [2.45, 2.75) is 63.1 Å². The molecule has 3 aromatic rings. The van der Waals surface area contributed by atoms with Gasteiger partial charge >= 0.3 is 0 Å². The minimum absolute atomic E-state index is 0.00688. The number of ether oxygens (including phenoxy) is 2. The molecule has 33 heavy (non-hydrogen) atoms. The van der Waals surface area contributed by atoms with E-state index in [1.165, 1.54) is 6.33 Å². The summed E-state index contributed by atoms with van der Waals surface area (Å²) < 4.78 is 13.3. The first-order valence-corrected chi connectivity index (χ1v) is 10.8. The van der Waals surface area contributed by atoms with Gasteiger partial charge in [0.1, 0.15) is 25.1 Å². The Labute approximate surface area is 189 Å². The van der Waals surface area contributed by atoms with E-state index in [1.54, 1.807) is 35.8 Å². The SMILES string of the molecule is C[C@H]1O[C@@H](n2c(N[C@H]3C[C@H](O)C3)nc3c(OCc4ccc(C#N)cc4)ncnc32)[C@H](O)[C@@H]1O. The van der Waals surface area contributed by atoms with E-state index < -0.39 is 24.5 Å². The minimum Gasteiger partial charge on any atom is -0.471 e. The maximum absolute atomic E-state index is 10.6. The lowest BCUT2D eigenvalue weighted by Gasteiger charge is -2.33.